The van der Waals surface area contributed by atoms with E-state index in [9.17, 15) is 19.7 Å². The number of anilines is 1. The number of nitro groups is 1. The van der Waals surface area contributed by atoms with Crippen LogP contribution in [0.25, 0.3) is 6.08 Å². The summed E-state index contributed by atoms with van der Waals surface area (Å²) in [5.41, 5.74) is 0.814. The van der Waals surface area contributed by atoms with Gasteiger partial charge in [-0.15, -0.1) is 0 Å². The van der Waals surface area contributed by atoms with Crippen molar-refractivity contribution < 1.29 is 24.0 Å². The molecular weight excluding hydrogens is 462 g/mol. The van der Waals surface area contributed by atoms with Crippen LogP contribution < -0.4 is 19.7 Å². The summed E-state index contributed by atoms with van der Waals surface area (Å²) in [7, 11) is 1.40. The molecule has 0 saturated carbocycles. The number of carbonyl (C=O) groups is 2. The number of hydrogen-bond acceptors (Lipinski definition) is 6. The van der Waals surface area contributed by atoms with Crippen molar-refractivity contribution in [2.75, 3.05) is 12.0 Å². The number of rotatable bonds is 7. The Balaban J connectivity index is 1.66. The molecule has 34 heavy (non-hydrogen) atoms. The second kappa shape index (κ2) is 9.63. The van der Waals surface area contributed by atoms with Crippen molar-refractivity contribution in [1.82, 2.24) is 5.32 Å². The Morgan fingerprint density at radius 1 is 1.06 bits per heavy atom. The SMILES string of the molecule is COc1cc(/C=C2/NC(=O)N(c3ccc(Cl)cc3)C2=O)c([N+](=O)[O-])cc1OCc1ccccc1. The number of nitro benzene ring substituents is 1. The van der Waals surface area contributed by atoms with Gasteiger partial charge >= 0.3 is 6.03 Å². The Kier molecular flexibility index (Phi) is 6.46. The molecule has 0 aliphatic carbocycles. The standard InChI is InChI=1S/C24H18ClN3O6/c1-33-21-12-16(20(28(31)32)13-22(21)34-14-15-5-3-2-4-6-15)11-19-23(29)27(24(30)26-19)18-9-7-17(25)8-10-18/h2-13H,14H2,1H3,(H,26,30)/b19-11+. The van der Waals surface area contributed by atoms with Crippen LogP contribution in [-0.4, -0.2) is 24.0 Å². The topological polar surface area (TPSA) is 111 Å². The Labute approximate surface area is 199 Å². The zero-order valence-corrected chi connectivity index (χ0v) is 18.6. The molecule has 3 amide bonds. The van der Waals surface area contributed by atoms with Crippen LogP contribution in [0.3, 0.4) is 0 Å². The van der Waals surface area contributed by atoms with Crippen molar-refractivity contribution in [3.05, 3.63) is 98.7 Å². The lowest BCUT2D eigenvalue weighted by Gasteiger charge is -2.12. The average molecular weight is 480 g/mol. The lowest BCUT2D eigenvalue weighted by atomic mass is 10.1. The highest BCUT2D eigenvalue weighted by Gasteiger charge is 2.35. The number of amides is 3. The molecule has 172 valence electrons. The summed E-state index contributed by atoms with van der Waals surface area (Å²) >= 11 is 5.87. The van der Waals surface area contributed by atoms with Crippen molar-refractivity contribution >= 4 is 41.0 Å². The van der Waals surface area contributed by atoms with Crippen LogP contribution in [-0.2, 0) is 11.4 Å². The van der Waals surface area contributed by atoms with Gasteiger partial charge in [0.15, 0.2) is 11.5 Å². The highest BCUT2D eigenvalue weighted by Crippen LogP contribution is 2.37. The van der Waals surface area contributed by atoms with E-state index in [1.165, 1.54) is 37.5 Å². The number of ether oxygens (including phenoxy) is 2. The monoisotopic (exact) mass is 479 g/mol. The lowest BCUT2D eigenvalue weighted by molar-refractivity contribution is -0.385. The largest absolute Gasteiger partial charge is 0.493 e. The third-order valence-electron chi connectivity index (χ3n) is 5.01. The molecule has 0 aromatic heterocycles. The van der Waals surface area contributed by atoms with E-state index in [4.69, 9.17) is 21.1 Å². The Hall–Kier alpha value is -4.37. The number of imide groups is 1. The summed E-state index contributed by atoms with van der Waals surface area (Å²) in [5, 5.41) is 14.7. The molecular formula is C24H18ClN3O6. The van der Waals surface area contributed by atoms with Gasteiger partial charge in [0, 0.05) is 5.02 Å². The summed E-state index contributed by atoms with van der Waals surface area (Å²) in [4.78, 5) is 37.4. The summed E-state index contributed by atoms with van der Waals surface area (Å²) in [5.74, 6) is -0.255. The minimum absolute atomic E-state index is 0.0653. The highest BCUT2D eigenvalue weighted by atomic mass is 35.5. The van der Waals surface area contributed by atoms with Gasteiger partial charge in [0.2, 0.25) is 0 Å². The fraction of sp³-hybridized carbons (Fsp3) is 0.0833. The molecule has 10 heteroatoms. The van der Waals surface area contributed by atoms with Crippen LogP contribution in [0.15, 0.2) is 72.4 Å². The summed E-state index contributed by atoms with van der Waals surface area (Å²) in [6.45, 7) is 0.180. The molecule has 4 rings (SSSR count). The van der Waals surface area contributed by atoms with E-state index in [2.05, 4.69) is 5.32 Å². The highest BCUT2D eigenvalue weighted by molar-refractivity contribution is 6.31. The van der Waals surface area contributed by atoms with Gasteiger partial charge in [0.1, 0.15) is 12.3 Å². The van der Waals surface area contributed by atoms with Crippen LogP contribution in [0.4, 0.5) is 16.2 Å². The Morgan fingerprint density at radius 3 is 2.41 bits per heavy atom. The van der Waals surface area contributed by atoms with Crippen molar-refractivity contribution in [2.45, 2.75) is 6.61 Å². The van der Waals surface area contributed by atoms with Gasteiger partial charge in [0.05, 0.1) is 29.4 Å². The van der Waals surface area contributed by atoms with Gasteiger partial charge in [0.25, 0.3) is 11.6 Å². The van der Waals surface area contributed by atoms with Crippen LogP contribution in [0.2, 0.25) is 5.02 Å². The van der Waals surface area contributed by atoms with E-state index in [1.807, 2.05) is 30.3 Å². The first-order valence-electron chi connectivity index (χ1n) is 10.0. The molecule has 0 radical (unpaired) electrons. The predicted octanol–water partition coefficient (Wildman–Crippen LogP) is 4.93. The van der Waals surface area contributed by atoms with Crippen LogP contribution in [0.5, 0.6) is 11.5 Å². The Bertz CT molecular complexity index is 1290. The molecule has 0 bridgehead atoms. The number of urea groups is 1. The molecule has 1 saturated heterocycles. The van der Waals surface area contributed by atoms with E-state index in [1.54, 1.807) is 12.1 Å². The first-order chi connectivity index (χ1) is 16.4. The molecule has 9 nitrogen and oxygen atoms in total. The molecule has 3 aromatic carbocycles. The molecule has 1 fully saturated rings. The number of nitrogens with one attached hydrogen (secondary N) is 1. The molecule has 3 aromatic rings. The van der Waals surface area contributed by atoms with E-state index >= 15 is 0 Å². The van der Waals surface area contributed by atoms with Crippen molar-refractivity contribution in [3.8, 4) is 11.5 Å². The van der Waals surface area contributed by atoms with Gasteiger partial charge in [-0.25, -0.2) is 9.69 Å². The van der Waals surface area contributed by atoms with Gasteiger partial charge in [-0.2, -0.15) is 0 Å². The molecule has 0 spiro atoms. The van der Waals surface area contributed by atoms with E-state index in [-0.39, 0.29) is 35.1 Å². The van der Waals surface area contributed by atoms with Crippen LogP contribution in [0.1, 0.15) is 11.1 Å². The van der Waals surface area contributed by atoms with Gasteiger partial charge in [-0.05, 0) is 42.0 Å². The third kappa shape index (κ3) is 4.69. The maximum atomic E-state index is 12.9. The minimum Gasteiger partial charge on any atom is -0.493 e. The van der Waals surface area contributed by atoms with Gasteiger partial charge in [-0.3, -0.25) is 14.9 Å². The summed E-state index contributed by atoms with van der Waals surface area (Å²) in [6.07, 6.45) is 1.23. The van der Waals surface area contributed by atoms with E-state index in [0.717, 1.165) is 10.5 Å². The fourth-order valence-electron chi connectivity index (χ4n) is 3.36. The number of carbonyl (C=O) groups excluding carboxylic acids is 2. The second-order valence-corrected chi connectivity index (χ2v) is 7.63. The molecule has 0 unspecified atom stereocenters. The average Bonchev–Trinajstić information content (AvgIpc) is 3.11. The van der Waals surface area contributed by atoms with Crippen LogP contribution in [0, 0.1) is 10.1 Å². The van der Waals surface area contributed by atoms with E-state index < -0.39 is 16.9 Å². The number of halogens is 1. The normalized spacial score (nSPS) is 14.3. The number of nitrogens with zero attached hydrogens (tertiary/aromatic N) is 2. The van der Waals surface area contributed by atoms with Crippen molar-refractivity contribution in [2.24, 2.45) is 0 Å². The summed E-state index contributed by atoms with van der Waals surface area (Å²) < 4.78 is 11.1. The van der Waals surface area contributed by atoms with E-state index in [0.29, 0.717) is 10.7 Å². The first kappa shape index (κ1) is 22.8. The molecule has 1 aliphatic rings. The third-order valence-corrected chi connectivity index (χ3v) is 5.26. The maximum absolute atomic E-state index is 12.9. The predicted molar refractivity (Wildman–Crippen MR) is 126 cm³/mol. The Morgan fingerprint density at radius 2 is 1.76 bits per heavy atom. The number of methoxy groups -OCH3 is 1. The van der Waals surface area contributed by atoms with Crippen LogP contribution >= 0.6 is 11.6 Å². The van der Waals surface area contributed by atoms with Gasteiger partial charge < -0.3 is 14.8 Å². The quantitative estimate of drug-likeness (QED) is 0.222. The molecule has 1 heterocycles. The van der Waals surface area contributed by atoms with Crippen molar-refractivity contribution in [3.63, 3.8) is 0 Å². The maximum Gasteiger partial charge on any atom is 0.333 e. The fourth-order valence-corrected chi connectivity index (χ4v) is 3.49. The first-order valence-corrected chi connectivity index (χ1v) is 10.4. The number of hydrogen-bond donors (Lipinski definition) is 1. The number of benzene rings is 3. The molecule has 0 atom stereocenters. The smallest absolute Gasteiger partial charge is 0.333 e. The second-order valence-electron chi connectivity index (χ2n) is 7.20. The lowest BCUT2D eigenvalue weighted by Crippen LogP contribution is -2.30. The molecule has 1 aliphatic heterocycles. The molecule has 1 N–H and O–H groups in total. The summed E-state index contributed by atoms with van der Waals surface area (Å²) in [6, 6.07) is 17.4. The van der Waals surface area contributed by atoms with Gasteiger partial charge in [-0.1, -0.05) is 41.9 Å². The zero-order valence-electron chi connectivity index (χ0n) is 17.9. The zero-order chi connectivity index (χ0) is 24.2. The van der Waals surface area contributed by atoms with Crippen molar-refractivity contribution in [1.29, 1.82) is 0 Å². The minimum atomic E-state index is -0.684.